The van der Waals surface area contributed by atoms with Crippen LogP contribution in [-0.2, 0) is 6.54 Å². The van der Waals surface area contributed by atoms with Gasteiger partial charge in [-0.05, 0) is 29.8 Å². The van der Waals surface area contributed by atoms with Gasteiger partial charge in [-0.2, -0.15) is 5.10 Å². The van der Waals surface area contributed by atoms with Crippen molar-refractivity contribution in [1.82, 2.24) is 19.7 Å². The van der Waals surface area contributed by atoms with E-state index in [-0.39, 0.29) is 6.10 Å². The minimum Gasteiger partial charge on any atom is -0.486 e. The monoisotopic (exact) mass is 370 g/mol. The molecule has 138 valence electrons. The summed E-state index contributed by atoms with van der Waals surface area (Å²) in [5.74, 6) is 1.57. The highest BCUT2D eigenvalue weighted by atomic mass is 16.6. The molecule has 0 bridgehead atoms. The van der Waals surface area contributed by atoms with Crippen LogP contribution in [0.4, 0.5) is 0 Å². The predicted octanol–water partition coefficient (Wildman–Crippen LogP) is 3.85. The van der Waals surface area contributed by atoms with Crippen molar-refractivity contribution in [3.05, 3.63) is 79.5 Å². The van der Waals surface area contributed by atoms with Gasteiger partial charge in [0.2, 0.25) is 0 Å². The highest BCUT2D eigenvalue weighted by molar-refractivity contribution is 5.70. The average Bonchev–Trinajstić information content (AvgIpc) is 3.23. The Morgan fingerprint density at radius 1 is 0.893 bits per heavy atom. The van der Waals surface area contributed by atoms with E-state index in [1.807, 2.05) is 65.7 Å². The minimum atomic E-state index is -0.0737. The fourth-order valence-corrected chi connectivity index (χ4v) is 3.29. The van der Waals surface area contributed by atoms with E-state index in [1.165, 1.54) is 6.33 Å². The van der Waals surface area contributed by atoms with Crippen LogP contribution in [0.15, 0.2) is 79.5 Å². The molecule has 0 aliphatic carbocycles. The molecule has 2 aromatic carbocycles. The number of hydrogen-bond acceptors (Lipinski definition) is 5. The fourth-order valence-electron chi connectivity index (χ4n) is 3.29. The summed E-state index contributed by atoms with van der Waals surface area (Å²) in [4.78, 5) is 8.18. The number of ether oxygens (including phenoxy) is 2. The molecule has 6 heteroatoms. The van der Waals surface area contributed by atoms with Gasteiger partial charge in [-0.1, -0.05) is 30.3 Å². The number of para-hydroxylation sites is 2. The third-order valence-electron chi connectivity index (χ3n) is 4.65. The molecule has 0 unspecified atom stereocenters. The number of aromatic nitrogens is 4. The van der Waals surface area contributed by atoms with Crippen molar-refractivity contribution in [3.8, 4) is 33.9 Å². The number of hydrogen-bond donors (Lipinski definition) is 0. The molecular formula is C22H18N4O2. The average molecular weight is 370 g/mol. The Hall–Kier alpha value is -3.67. The van der Waals surface area contributed by atoms with Crippen LogP contribution in [0.2, 0.25) is 0 Å². The molecule has 0 amide bonds. The molecule has 2 aromatic heterocycles. The molecule has 0 saturated carbocycles. The summed E-state index contributed by atoms with van der Waals surface area (Å²) in [5.41, 5.74) is 4.01. The SMILES string of the molecule is c1cc(-c2cncnc2)cc(-c2ccn(C[C@H]3COc4ccccc4O3)n2)c1. The summed E-state index contributed by atoms with van der Waals surface area (Å²) in [5, 5.41) is 4.72. The Balaban J connectivity index is 1.33. The van der Waals surface area contributed by atoms with E-state index in [2.05, 4.69) is 22.1 Å². The molecule has 5 rings (SSSR count). The van der Waals surface area contributed by atoms with E-state index in [0.717, 1.165) is 33.9 Å². The molecule has 1 atom stereocenters. The standard InChI is InChI=1S/C22H18N4O2/c1-2-7-22-21(6-1)27-14-19(28-22)13-26-9-8-20(25-26)17-5-3-4-16(10-17)18-11-23-15-24-12-18/h1-12,15,19H,13-14H2/t19-/m0/s1. The Morgan fingerprint density at radius 2 is 1.71 bits per heavy atom. The number of benzene rings is 2. The molecule has 1 aliphatic heterocycles. The maximum Gasteiger partial charge on any atom is 0.161 e. The van der Waals surface area contributed by atoms with Crippen LogP contribution in [0.1, 0.15) is 0 Å². The molecule has 4 aromatic rings. The Morgan fingerprint density at radius 3 is 2.61 bits per heavy atom. The lowest BCUT2D eigenvalue weighted by atomic mass is 10.0. The van der Waals surface area contributed by atoms with E-state index in [1.54, 1.807) is 0 Å². The molecule has 28 heavy (non-hydrogen) atoms. The van der Waals surface area contributed by atoms with Crippen molar-refractivity contribution in [2.75, 3.05) is 6.61 Å². The third-order valence-corrected chi connectivity index (χ3v) is 4.65. The first-order valence-electron chi connectivity index (χ1n) is 9.13. The van der Waals surface area contributed by atoms with Crippen molar-refractivity contribution >= 4 is 0 Å². The van der Waals surface area contributed by atoms with Crippen molar-refractivity contribution in [2.45, 2.75) is 12.6 Å². The zero-order valence-electron chi connectivity index (χ0n) is 15.1. The van der Waals surface area contributed by atoms with Gasteiger partial charge in [0.15, 0.2) is 17.6 Å². The van der Waals surface area contributed by atoms with Crippen molar-refractivity contribution in [1.29, 1.82) is 0 Å². The van der Waals surface area contributed by atoms with Gasteiger partial charge < -0.3 is 9.47 Å². The van der Waals surface area contributed by atoms with Gasteiger partial charge in [-0.25, -0.2) is 9.97 Å². The Labute approximate surface area is 162 Å². The van der Waals surface area contributed by atoms with E-state index in [9.17, 15) is 0 Å². The molecule has 0 spiro atoms. The lowest BCUT2D eigenvalue weighted by Crippen LogP contribution is -2.33. The van der Waals surface area contributed by atoms with E-state index < -0.39 is 0 Å². The van der Waals surface area contributed by atoms with Crippen LogP contribution >= 0.6 is 0 Å². The normalized spacial score (nSPS) is 15.4. The highest BCUT2D eigenvalue weighted by Crippen LogP contribution is 2.31. The first-order chi connectivity index (χ1) is 13.8. The lowest BCUT2D eigenvalue weighted by molar-refractivity contribution is 0.0759. The van der Waals surface area contributed by atoms with Gasteiger partial charge in [-0.15, -0.1) is 0 Å². The summed E-state index contributed by atoms with van der Waals surface area (Å²) in [7, 11) is 0. The van der Waals surface area contributed by atoms with Crippen LogP contribution in [-0.4, -0.2) is 32.5 Å². The highest BCUT2D eigenvalue weighted by Gasteiger charge is 2.21. The number of nitrogens with zero attached hydrogens (tertiary/aromatic N) is 4. The number of rotatable bonds is 4. The zero-order chi connectivity index (χ0) is 18.8. The fraction of sp³-hybridized carbons (Fsp3) is 0.136. The van der Waals surface area contributed by atoms with Crippen LogP contribution in [0.5, 0.6) is 11.5 Å². The summed E-state index contributed by atoms with van der Waals surface area (Å²) < 4.78 is 13.7. The minimum absolute atomic E-state index is 0.0737. The number of fused-ring (bicyclic) bond motifs is 1. The second-order valence-corrected chi connectivity index (χ2v) is 6.63. The third kappa shape index (κ3) is 3.32. The smallest absolute Gasteiger partial charge is 0.161 e. The Kier molecular flexibility index (Phi) is 4.21. The van der Waals surface area contributed by atoms with Crippen molar-refractivity contribution in [3.63, 3.8) is 0 Å². The zero-order valence-corrected chi connectivity index (χ0v) is 15.1. The first-order valence-corrected chi connectivity index (χ1v) is 9.13. The van der Waals surface area contributed by atoms with Crippen LogP contribution < -0.4 is 9.47 Å². The molecular weight excluding hydrogens is 352 g/mol. The van der Waals surface area contributed by atoms with Gasteiger partial charge >= 0.3 is 0 Å². The van der Waals surface area contributed by atoms with Crippen molar-refractivity contribution < 1.29 is 9.47 Å². The first kappa shape index (κ1) is 16.5. The van der Waals surface area contributed by atoms with Crippen molar-refractivity contribution in [2.24, 2.45) is 0 Å². The molecule has 0 radical (unpaired) electrons. The topological polar surface area (TPSA) is 62.1 Å². The lowest BCUT2D eigenvalue weighted by Gasteiger charge is -2.26. The van der Waals surface area contributed by atoms with Crippen LogP contribution in [0, 0.1) is 0 Å². The summed E-state index contributed by atoms with van der Waals surface area (Å²) in [6.45, 7) is 1.14. The molecule has 0 N–H and O–H groups in total. The second-order valence-electron chi connectivity index (χ2n) is 6.63. The maximum atomic E-state index is 6.03. The molecule has 0 saturated heterocycles. The summed E-state index contributed by atoms with van der Waals surface area (Å²) >= 11 is 0. The van der Waals surface area contributed by atoms with Gasteiger partial charge in [0, 0.05) is 29.7 Å². The van der Waals surface area contributed by atoms with E-state index >= 15 is 0 Å². The van der Waals surface area contributed by atoms with Gasteiger partial charge in [0.05, 0.1) is 12.2 Å². The van der Waals surface area contributed by atoms with Gasteiger partial charge in [0.25, 0.3) is 0 Å². The molecule has 0 fully saturated rings. The molecule has 6 nitrogen and oxygen atoms in total. The summed E-state index contributed by atoms with van der Waals surface area (Å²) in [6, 6.07) is 18.0. The van der Waals surface area contributed by atoms with Gasteiger partial charge in [-0.3, -0.25) is 4.68 Å². The predicted molar refractivity (Wildman–Crippen MR) is 105 cm³/mol. The Bertz CT molecular complexity index is 1090. The van der Waals surface area contributed by atoms with Crippen LogP contribution in [0.25, 0.3) is 22.4 Å². The van der Waals surface area contributed by atoms with Gasteiger partial charge in [0.1, 0.15) is 12.9 Å². The quantitative estimate of drug-likeness (QED) is 0.546. The largest absolute Gasteiger partial charge is 0.486 e. The molecule has 3 heterocycles. The second kappa shape index (κ2) is 7.15. The van der Waals surface area contributed by atoms with E-state index in [0.29, 0.717) is 13.2 Å². The molecule has 1 aliphatic rings. The van der Waals surface area contributed by atoms with Crippen LogP contribution in [0.3, 0.4) is 0 Å². The maximum absolute atomic E-state index is 6.03. The summed E-state index contributed by atoms with van der Waals surface area (Å²) in [6.07, 6.45) is 7.05. The van der Waals surface area contributed by atoms with E-state index in [4.69, 9.17) is 14.6 Å².